The zero-order chi connectivity index (χ0) is 19.7. The minimum Gasteiger partial charge on any atom is -0.455 e. The van der Waals surface area contributed by atoms with Gasteiger partial charge in [-0.05, 0) is 42.3 Å². The molecular weight excluding hydrogens is 376 g/mol. The number of hydrogen-bond acceptors (Lipinski definition) is 5. The standard InChI is InChI=1S/C20H20N4O3S/c1-13(25)24-9-7-14-11-15(3-5-17(14)24)22-19(26)18-6-4-16(27-18)12-28-20-21-8-10-23(20)2/h3-6,8,10-11H,7,9,12H2,1-2H3,(H,22,26). The van der Waals surface area contributed by atoms with E-state index < -0.39 is 0 Å². The van der Waals surface area contributed by atoms with E-state index in [2.05, 4.69) is 10.3 Å². The van der Waals surface area contributed by atoms with Gasteiger partial charge in [-0.2, -0.15) is 0 Å². The molecule has 0 saturated carbocycles. The van der Waals surface area contributed by atoms with Gasteiger partial charge in [-0.25, -0.2) is 4.98 Å². The Morgan fingerprint density at radius 2 is 2.14 bits per heavy atom. The summed E-state index contributed by atoms with van der Waals surface area (Å²) in [7, 11) is 1.93. The van der Waals surface area contributed by atoms with E-state index in [4.69, 9.17) is 4.42 Å². The average molecular weight is 396 g/mol. The molecule has 0 fully saturated rings. The SMILES string of the molecule is CC(=O)N1CCc2cc(NC(=O)c3ccc(CSc4nccn4C)o3)ccc21. The van der Waals surface area contributed by atoms with Crippen molar-refractivity contribution in [3.8, 4) is 0 Å². The maximum atomic E-state index is 12.5. The van der Waals surface area contributed by atoms with Crippen LogP contribution in [-0.2, 0) is 24.0 Å². The fourth-order valence-electron chi connectivity index (χ4n) is 3.20. The van der Waals surface area contributed by atoms with Gasteiger partial charge in [0.05, 0.1) is 5.75 Å². The van der Waals surface area contributed by atoms with E-state index >= 15 is 0 Å². The molecule has 28 heavy (non-hydrogen) atoms. The number of fused-ring (bicyclic) bond motifs is 1. The van der Waals surface area contributed by atoms with Gasteiger partial charge in [0.1, 0.15) is 5.76 Å². The third-order valence-corrected chi connectivity index (χ3v) is 5.70. The number of imidazole rings is 1. The third kappa shape index (κ3) is 3.68. The molecule has 4 rings (SSSR count). The van der Waals surface area contributed by atoms with Gasteiger partial charge in [0.25, 0.3) is 5.91 Å². The lowest BCUT2D eigenvalue weighted by molar-refractivity contribution is -0.116. The summed E-state index contributed by atoms with van der Waals surface area (Å²) in [6.45, 7) is 2.24. The molecule has 1 aliphatic heterocycles. The second kappa shape index (κ2) is 7.55. The molecule has 3 heterocycles. The van der Waals surface area contributed by atoms with Gasteiger partial charge in [-0.1, -0.05) is 11.8 Å². The van der Waals surface area contributed by atoms with Crippen molar-refractivity contribution in [3.05, 3.63) is 59.8 Å². The van der Waals surface area contributed by atoms with Crippen molar-refractivity contribution in [2.24, 2.45) is 7.05 Å². The highest BCUT2D eigenvalue weighted by atomic mass is 32.2. The molecule has 7 nitrogen and oxygen atoms in total. The van der Waals surface area contributed by atoms with Crippen molar-refractivity contribution < 1.29 is 14.0 Å². The van der Waals surface area contributed by atoms with E-state index in [9.17, 15) is 9.59 Å². The van der Waals surface area contributed by atoms with Crippen molar-refractivity contribution in [3.63, 3.8) is 0 Å². The van der Waals surface area contributed by atoms with E-state index in [1.807, 2.05) is 29.9 Å². The number of amides is 2. The van der Waals surface area contributed by atoms with Gasteiger partial charge < -0.3 is 19.2 Å². The van der Waals surface area contributed by atoms with Crippen LogP contribution in [0.2, 0.25) is 0 Å². The first-order chi connectivity index (χ1) is 13.5. The Morgan fingerprint density at radius 3 is 2.89 bits per heavy atom. The number of hydrogen-bond donors (Lipinski definition) is 1. The van der Waals surface area contributed by atoms with Crippen LogP contribution in [0.1, 0.15) is 28.8 Å². The summed E-state index contributed by atoms with van der Waals surface area (Å²) in [4.78, 5) is 30.1. The third-order valence-electron chi connectivity index (χ3n) is 4.62. The zero-order valence-corrected chi connectivity index (χ0v) is 16.5. The number of aryl methyl sites for hydroxylation is 1. The molecule has 0 saturated heterocycles. The van der Waals surface area contributed by atoms with Crippen LogP contribution < -0.4 is 10.2 Å². The van der Waals surface area contributed by atoms with Crippen molar-refractivity contribution >= 4 is 35.0 Å². The van der Waals surface area contributed by atoms with Crippen LogP contribution in [0.4, 0.5) is 11.4 Å². The molecular formula is C20H20N4O3S. The van der Waals surface area contributed by atoms with Crippen LogP contribution >= 0.6 is 11.8 Å². The molecule has 3 aromatic rings. The average Bonchev–Trinajstić information content (AvgIpc) is 3.39. The summed E-state index contributed by atoms with van der Waals surface area (Å²) < 4.78 is 7.61. The Balaban J connectivity index is 1.40. The monoisotopic (exact) mass is 396 g/mol. The molecule has 144 valence electrons. The Kier molecular flexibility index (Phi) is 4.95. The Morgan fingerprint density at radius 1 is 1.29 bits per heavy atom. The highest BCUT2D eigenvalue weighted by molar-refractivity contribution is 7.98. The van der Waals surface area contributed by atoms with E-state index in [1.165, 1.54) is 0 Å². The molecule has 2 amide bonds. The molecule has 1 aliphatic rings. The minimum atomic E-state index is -0.297. The lowest BCUT2D eigenvalue weighted by atomic mass is 10.1. The lowest BCUT2D eigenvalue weighted by Crippen LogP contribution is -2.25. The summed E-state index contributed by atoms with van der Waals surface area (Å²) in [5, 5.41) is 3.75. The Bertz CT molecular complexity index is 1040. The molecule has 0 bridgehead atoms. The fraction of sp³-hybridized carbons (Fsp3) is 0.250. The predicted octanol–water partition coefficient (Wildman–Crippen LogP) is 3.47. The number of rotatable bonds is 5. The van der Waals surface area contributed by atoms with Crippen LogP contribution in [0.15, 0.2) is 52.3 Å². The number of aromatic nitrogens is 2. The van der Waals surface area contributed by atoms with Gasteiger partial charge in [0.2, 0.25) is 5.91 Å². The van der Waals surface area contributed by atoms with Crippen LogP contribution in [0.3, 0.4) is 0 Å². The fourth-order valence-corrected chi connectivity index (χ4v) is 4.03. The van der Waals surface area contributed by atoms with Crippen molar-refractivity contribution in [2.45, 2.75) is 24.3 Å². The van der Waals surface area contributed by atoms with E-state index in [0.717, 1.165) is 22.8 Å². The van der Waals surface area contributed by atoms with E-state index in [1.54, 1.807) is 48.0 Å². The van der Waals surface area contributed by atoms with Crippen LogP contribution in [0.25, 0.3) is 0 Å². The normalized spacial score (nSPS) is 12.9. The number of thioether (sulfide) groups is 1. The molecule has 0 unspecified atom stereocenters. The highest BCUT2D eigenvalue weighted by Gasteiger charge is 2.22. The second-order valence-corrected chi connectivity index (χ2v) is 7.54. The van der Waals surface area contributed by atoms with E-state index in [0.29, 0.717) is 23.7 Å². The summed E-state index contributed by atoms with van der Waals surface area (Å²) in [5.74, 6) is 1.31. The molecule has 0 radical (unpaired) electrons. The minimum absolute atomic E-state index is 0.0297. The molecule has 1 aromatic carbocycles. The maximum absolute atomic E-state index is 12.5. The number of benzene rings is 1. The Labute approximate surface area is 166 Å². The molecule has 0 aliphatic carbocycles. The number of carbonyl (C=O) groups is 2. The van der Waals surface area contributed by atoms with Crippen molar-refractivity contribution in [1.29, 1.82) is 0 Å². The van der Waals surface area contributed by atoms with E-state index in [-0.39, 0.29) is 17.6 Å². The van der Waals surface area contributed by atoms with Crippen LogP contribution in [0, 0.1) is 0 Å². The molecule has 1 N–H and O–H groups in total. The topological polar surface area (TPSA) is 80.4 Å². The number of nitrogens with zero attached hydrogens (tertiary/aromatic N) is 3. The first-order valence-corrected chi connectivity index (χ1v) is 9.91. The zero-order valence-electron chi connectivity index (χ0n) is 15.6. The first-order valence-electron chi connectivity index (χ1n) is 8.92. The predicted molar refractivity (Wildman–Crippen MR) is 108 cm³/mol. The Hall–Kier alpha value is -3.00. The maximum Gasteiger partial charge on any atom is 0.291 e. The summed E-state index contributed by atoms with van der Waals surface area (Å²) in [5.41, 5.74) is 2.66. The second-order valence-electron chi connectivity index (χ2n) is 6.59. The summed E-state index contributed by atoms with van der Waals surface area (Å²) in [6, 6.07) is 9.07. The van der Waals surface area contributed by atoms with Crippen LogP contribution in [0.5, 0.6) is 0 Å². The van der Waals surface area contributed by atoms with Crippen molar-refractivity contribution in [1.82, 2.24) is 9.55 Å². The lowest BCUT2D eigenvalue weighted by Gasteiger charge is -2.14. The molecule has 0 atom stereocenters. The first kappa shape index (κ1) is 18.4. The van der Waals surface area contributed by atoms with Gasteiger partial charge in [0.15, 0.2) is 10.9 Å². The van der Waals surface area contributed by atoms with Crippen molar-refractivity contribution in [2.75, 3.05) is 16.8 Å². The largest absolute Gasteiger partial charge is 0.455 e. The number of nitrogens with one attached hydrogen (secondary N) is 1. The van der Waals surface area contributed by atoms with Gasteiger partial charge in [-0.15, -0.1) is 0 Å². The smallest absolute Gasteiger partial charge is 0.291 e. The highest BCUT2D eigenvalue weighted by Crippen LogP contribution is 2.30. The van der Waals surface area contributed by atoms with Gasteiger partial charge >= 0.3 is 0 Å². The quantitative estimate of drug-likeness (QED) is 0.668. The molecule has 8 heteroatoms. The van der Waals surface area contributed by atoms with Crippen LogP contribution in [-0.4, -0.2) is 27.9 Å². The number of carbonyl (C=O) groups excluding carboxylic acids is 2. The summed E-state index contributed by atoms with van der Waals surface area (Å²) >= 11 is 1.55. The van der Waals surface area contributed by atoms with Gasteiger partial charge in [0, 0.05) is 44.3 Å². The molecule has 2 aromatic heterocycles. The summed E-state index contributed by atoms with van der Waals surface area (Å²) in [6.07, 6.45) is 4.42. The van der Waals surface area contributed by atoms with Gasteiger partial charge in [-0.3, -0.25) is 9.59 Å². The number of anilines is 2. The molecule has 0 spiro atoms. The number of furan rings is 1.